The van der Waals surface area contributed by atoms with Crippen molar-refractivity contribution in [3.63, 3.8) is 0 Å². The standard InChI is InChI=1S/C12H17BrN2O/c1-8(14)9-2-3-12(11(13)6-9)15-5-4-10(16)7-15/h2-3,6,8,10,16H,4-5,7,14H2,1H3/t8-,10?/m0/s1. The first-order valence-electron chi connectivity index (χ1n) is 5.56. The Bertz CT molecular complexity index is 381. The molecule has 0 bridgehead atoms. The first-order valence-corrected chi connectivity index (χ1v) is 6.35. The molecule has 0 saturated carbocycles. The van der Waals surface area contributed by atoms with Gasteiger partial charge in [-0.15, -0.1) is 0 Å². The molecule has 3 N–H and O–H groups in total. The Labute approximate surface area is 104 Å². The molecule has 88 valence electrons. The molecule has 0 aromatic heterocycles. The molecule has 1 heterocycles. The zero-order chi connectivity index (χ0) is 11.7. The molecule has 3 nitrogen and oxygen atoms in total. The molecule has 0 radical (unpaired) electrons. The van der Waals surface area contributed by atoms with Crippen LogP contribution in [0.4, 0.5) is 5.69 Å². The first kappa shape index (κ1) is 11.9. The van der Waals surface area contributed by atoms with Gasteiger partial charge >= 0.3 is 0 Å². The molecular weight excluding hydrogens is 268 g/mol. The summed E-state index contributed by atoms with van der Waals surface area (Å²) in [6.45, 7) is 3.61. The van der Waals surface area contributed by atoms with Gasteiger partial charge in [-0.25, -0.2) is 0 Å². The monoisotopic (exact) mass is 284 g/mol. The SMILES string of the molecule is C[C@H](N)c1ccc(N2CCC(O)C2)c(Br)c1. The number of β-amino-alcohol motifs (C(OH)–C–C–N with tert-alkyl or cyclic N) is 1. The number of aliphatic hydroxyl groups is 1. The molecule has 16 heavy (non-hydrogen) atoms. The van der Waals surface area contributed by atoms with E-state index in [1.807, 2.05) is 6.92 Å². The zero-order valence-electron chi connectivity index (χ0n) is 9.36. The average molecular weight is 285 g/mol. The maximum Gasteiger partial charge on any atom is 0.0731 e. The summed E-state index contributed by atoms with van der Waals surface area (Å²) in [5, 5.41) is 9.52. The van der Waals surface area contributed by atoms with Gasteiger partial charge in [-0.2, -0.15) is 0 Å². The second-order valence-electron chi connectivity index (χ2n) is 4.39. The summed E-state index contributed by atoms with van der Waals surface area (Å²) >= 11 is 3.57. The van der Waals surface area contributed by atoms with Gasteiger partial charge in [0, 0.05) is 23.6 Å². The van der Waals surface area contributed by atoms with Crippen molar-refractivity contribution in [1.82, 2.24) is 0 Å². The Morgan fingerprint density at radius 3 is 2.81 bits per heavy atom. The number of rotatable bonds is 2. The van der Waals surface area contributed by atoms with Crippen molar-refractivity contribution in [2.24, 2.45) is 5.73 Å². The highest BCUT2D eigenvalue weighted by atomic mass is 79.9. The molecule has 1 fully saturated rings. The van der Waals surface area contributed by atoms with Crippen molar-refractivity contribution >= 4 is 21.6 Å². The van der Waals surface area contributed by atoms with Crippen LogP contribution in [0.25, 0.3) is 0 Å². The smallest absolute Gasteiger partial charge is 0.0731 e. The fourth-order valence-electron chi connectivity index (χ4n) is 2.02. The van der Waals surface area contributed by atoms with E-state index in [1.54, 1.807) is 0 Å². The van der Waals surface area contributed by atoms with Gasteiger partial charge in [-0.05, 0) is 47.0 Å². The second kappa shape index (κ2) is 4.73. The molecule has 4 heteroatoms. The maximum atomic E-state index is 9.52. The summed E-state index contributed by atoms with van der Waals surface area (Å²) in [6.07, 6.45) is 0.654. The lowest BCUT2D eigenvalue weighted by Gasteiger charge is -2.20. The van der Waals surface area contributed by atoms with Gasteiger partial charge in [0.1, 0.15) is 0 Å². The van der Waals surface area contributed by atoms with Crippen molar-refractivity contribution < 1.29 is 5.11 Å². The van der Waals surface area contributed by atoms with Crippen LogP contribution in [0.5, 0.6) is 0 Å². The molecule has 1 saturated heterocycles. The van der Waals surface area contributed by atoms with Crippen LogP contribution in [-0.4, -0.2) is 24.3 Å². The quantitative estimate of drug-likeness (QED) is 0.874. The average Bonchev–Trinajstić information content (AvgIpc) is 2.64. The third-order valence-corrected chi connectivity index (χ3v) is 3.64. The van der Waals surface area contributed by atoms with Gasteiger partial charge in [-0.3, -0.25) is 0 Å². The second-order valence-corrected chi connectivity index (χ2v) is 5.24. The molecular formula is C12H17BrN2O. The molecule has 0 amide bonds. The van der Waals surface area contributed by atoms with Crippen LogP contribution >= 0.6 is 15.9 Å². The number of hydrogen-bond donors (Lipinski definition) is 2. The minimum Gasteiger partial charge on any atom is -0.391 e. The van der Waals surface area contributed by atoms with Gasteiger partial charge < -0.3 is 15.7 Å². The lowest BCUT2D eigenvalue weighted by molar-refractivity contribution is 0.198. The predicted octanol–water partition coefficient (Wildman–Crippen LogP) is 2.04. The highest BCUT2D eigenvalue weighted by molar-refractivity contribution is 9.10. The Balaban J connectivity index is 2.22. The molecule has 1 aliphatic heterocycles. The molecule has 1 aliphatic rings. The predicted molar refractivity (Wildman–Crippen MR) is 69.6 cm³/mol. The molecule has 0 spiro atoms. The highest BCUT2D eigenvalue weighted by Gasteiger charge is 2.22. The Kier molecular flexibility index (Phi) is 3.52. The summed E-state index contributed by atoms with van der Waals surface area (Å²) in [5.41, 5.74) is 8.09. The summed E-state index contributed by atoms with van der Waals surface area (Å²) in [5.74, 6) is 0. The van der Waals surface area contributed by atoms with E-state index >= 15 is 0 Å². The van der Waals surface area contributed by atoms with Gasteiger partial charge in [-0.1, -0.05) is 6.07 Å². The lowest BCUT2D eigenvalue weighted by atomic mass is 10.1. The summed E-state index contributed by atoms with van der Waals surface area (Å²) in [4.78, 5) is 2.19. The molecule has 2 atom stereocenters. The number of hydrogen-bond acceptors (Lipinski definition) is 3. The Morgan fingerprint density at radius 1 is 1.56 bits per heavy atom. The number of nitrogens with zero attached hydrogens (tertiary/aromatic N) is 1. The number of aliphatic hydroxyl groups excluding tert-OH is 1. The van der Waals surface area contributed by atoms with Gasteiger partial charge in [0.25, 0.3) is 0 Å². The number of benzene rings is 1. The largest absolute Gasteiger partial charge is 0.391 e. The van der Waals surface area contributed by atoms with E-state index in [2.05, 4.69) is 39.0 Å². The zero-order valence-corrected chi connectivity index (χ0v) is 10.9. The van der Waals surface area contributed by atoms with E-state index in [9.17, 15) is 5.11 Å². The fourth-order valence-corrected chi connectivity index (χ4v) is 2.67. The van der Waals surface area contributed by atoms with Crippen molar-refractivity contribution in [3.8, 4) is 0 Å². The maximum absolute atomic E-state index is 9.52. The highest BCUT2D eigenvalue weighted by Crippen LogP contribution is 2.31. The Hall–Kier alpha value is -0.580. The van der Waals surface area contributed by atoms with Crippen molar-refractivity contribution in [1.29, 1.82) is 0 Å². The van der Waals surface area contributed by atoms with E-state index in [1.165, 1.54) is 0 Å². The van der Waals surface area contributed by atoms with Gasteiger partial charge in [0.2, 0.25) is 0 Å². The molecule has 0 aliphatic carbocycles. The van der Waals surface area contributed by atoms with E-state index < -0.39 is 0 Å². The van der Waals surface area contributed by atoms with Crippen molar-refractivity contribution in [2.45, 2.75) is 25.5 Å². The summed E-state index contributed by atoms with van der Waals surface area (Å²) < 4.78 is 1.05. The first-order chi connectivity index (χ1) is 7.58. The topological polar surface area (TPSA) is 49.5 Å². The molecule has 1 aromatic rings. The fraction of sp³-hybridized carbons (Fsp3) is 0.500. The van der Waals surface area contributed by atoms with Crippen LogP contribution in [-0.2, 0) is 0 Å². The van der Waals surface area contributed by atoms with Crippen LogP contribution < -0.4 is 10.6 Å². The van der Waals surface area contributed by atoms with Crippen LogP contribution in [0.2, 0.25) is 0 Å². The molecule has 2 rings (SSSR count). The third kappa shape index (κ3) is 2.39. The number of anilines is 1. The molecule has 1 aromatic carbocycles. The van der Waals surface area contributed by atoms with Crippen molar-refractivity contribution in [3.05, 3.63) is 28.2 Å². The minimum absolute atomic E-state index is 0.0505. The number of nitrogens with two attached hydrogens (primary N) is 1. The van der Waals surface area contributed by atoms with E-state index in [4.69, 9.17) is 5.73 Å². The minimum atomic E-state index is -0.194. The van der Waals surface area contributed by atoms with Crippen molar-refractivity contribution in [2.75, 3.05) is 18.0 Å². The van der Waals surface area contributed by atoms with Crippen LogP contribution in [0, 0.1) is 0 Å². The van der Waals surface area contributed by atoms with E-state index in [0.717, 1.165) is 35.2 Å². The lowest BCUT2D eigenvalue weighted by Crippen LogP contribution is -2.21. The van der Waals surface area contributed by atoms with Gasteiger partial charge in [0.05, 0.1) is 11.8 Å². The van der Waals surface area contributed by atoms with E-state index in [-0.39, 0.29) is 12.1 Å². The molecule has 1 unspecified atom stereocenters. The number of halogens is 1. The van der Waals surface area contributed by atoms with E-state index in [0.29, 0.717) is 0 Å². The van der Waals surface area contributed by atoms with Crippen LogP contribution in [0.3, 0.4) is 0 Å². The summed E-state index contributed by atoms with van der Waals surface area (Å²) in [6, 6.07) is 6.23. The van der Waals surface area contributed by atoms with Crippen LogP contribution in [0.15, 0.2) is 22.7 Å². The normalized spacial score (nSPS) is 22.5. The van der Waals surface area contributed by atoms with Gasteiger partial charge in [0.15, 0.2) is 0 Å². The summed E-state index contributed by atoms with van der Waals surface area (Å²) in [7, 11) is 0. The third-order valence-electron chi connectivity index (χ3n) is 3.00. The van der Waals surface area contributed by atoms with Crippen LogP contribution in [0.1, 0.15) is 24.9 Å². The Morgan fingerprint density at radius 2 is 2.31 bits per heavy atom.